The van der Waals surface area contributed by atoms with Gasteiger partial charge in [-0.25, -0.2) is 4.39 Å². The molecule has 18 heavy (non-hydrogen) atoms. The smallest absolute Gasteiger partial charge is 0.146 e. The zero-order valence-electron chi connectivity index (χ0n) is 10.9. The predicted molar refractivity (Wildman–Crippen MR) is 69.3 cm³/mol. The Bertz CT molecular complexity index is 409. The van der Waals surface area contributed by atoms with E-state index in [1.165, 1.54) is 6.07 Å². The Morgan fingerprint density at radius 3 is 2.89 bits per heavy atom. The monoisotopic (exact) mass is 253 g/mol. The number of halogens is 1. The van der Waals surface area contributed by atoms with Crippen molar-refractivity contribution in [1.29, 1.82) is 0 Å². The Morgan fingerprint density at radius 2 is 2.28 bits per heavy atom. The van der Waals surface area contributed by atoms with Crippen LogP contribution in [0.25, 0.3) is 0 Å². The minimum atomic E-state index is -0.637. The number of piperidine rings is 1. The highest BCUT2D eigenvalue weighted by Crippen LogP contribution is 2.26. The molecule has 0 radical (unpaired) electrons. The Kier molecular flexibility index (Phi) is 4.19. The second kappa shape index (κ2) is 5.67. The summed E-state index contributed by atoms with van der Waals surface area (Å²) in [5.74, 6) is -0.273. The summed E-state index contributed by atoms with van der Waals surface area (Å²) in [6, 6.07) is 4.94. The SMILES string of the molecule is COC1CCCN(c2ccc([C@@H](C)O)cc2F)C1. The standard InChI is InChI=1S/C14H20FNO2/c1-10(17)11-5-6-14(13(15)8-11)16-7-3-4-12(9-16)18-2/h5-6,8,10,12,17H,3-4,7,9H2,1-2H3/t10-,12?/m1/s1. The van der Waals surface area contributed by atoms with Gasteiger partial charge in [-0.05, 0) is 37.5 Å². The number of hydrogen-bond donors (Lipinski definition) is 1. The molecule has 1 unspecified atom stereocenters. The number of nitrogens with zero attached hydrogens (tertiary/aromatic N) is 1. The van der Waals surface area contributed by atoms with Gasteiger partial charge in [0.25, 0.3) is 0 Å². The van der Waals surface area contributed by atoms with Gasteiger partial charge in [0.1, 0.15) is 5.82 Å². The van der Waals surface area contributed by atoms with Crippen LogP contribution in [0.3, 0.4) is 0 Å². The summed E-state index contributed by atoms with van der Waals surface area (Å²) in [5, 5.41) is 9.43. The van der Waals surface area contributed by atoms with Crippen LogP contribution < -0.4 is 4.90 Å². The van der Waals surface area contributed by atoms with Crippen molar-refractivity contribution in [2.24, 2.45) is 0 Å². The van der Waals surface area contributed by atoms with E-state index in [-0.39, 0.29) is 11.9 Å². The molecule has 100 valence electrons. The normalized spacial score (nSPS) is 22.0. The van der Waals surface area contributed by atoms with Gasteiger partial charge in [-0.3, -0.25) is 0 Å². The number of benzene rings is 1. The van der Waals surface area contributed by atoms with Gasteiger partial charge in [0.2, 0.25) is 0 Å². The highest BCUT2D eigenvalue weighted by atomic mass is 19.1. The maximum absolute atomic E-state index is 14.0. The van der Waals surface area contributed by atoms with Crippen molar-refractivity contribution in [2.75, 3.05) is 25.1 Å². The van der Waals surface area contributed by atoms with E-state index in [0.717, 1.165) is 25.9 Å². The Hall–Kier alpha value is -1.13. The zero-order chi connectivity index (χ0) is 13.1. The largest absolute Gasteiger partial charge is 0.389 e. The van der Waals surface area contributed by atoms with Gasteiger partial charge in [0.05, 0.1) is 17.9 Å². The van der Waals surface area contributed by atoms with Crippen LogP contribution in [0.15, 0.2) is 18.2 Å². The third-order valence-corrected chi connectivity index (χ3v) is 3.51. The van der Waals surface area contributed by atoms with Crippen molar-refractivity contribution >= 4 is 5.69 Å². The van der Waals surface area contributed by atoms with E-state index in [1.807, 2.05) is 4.90 Å². The molecule has 2 atom stereocenters. The predicted octanol–water partition coefficient (Wildman–Crippen LogP) is 2.49. The lowest BCUT2D eigenvalue weighted by molar-refractivity contribution is 0.0891. The van der Waals surface area contributed by atoms with E-state index in [9.17, 15) is 9.50 Å². The van der Waals surface area contributed by atoms with Crippen LogP contribution in [0.2, 0.25) is 0 Å². The molecule has 1 aliphatic heterocycles. The molecular formula is C14H20FNO2. The van der Waals surface area contributed by atoms with Crippen LogP contribution in [0.4, 0.5) is 10.1 Å². The average molecular weight is 253 g/mol. The van der Waals surface area contributed by atoms with Crippen molar-refractivity contribution in [3.63, 3.8) is 0 Å². The van der Waals surface area contributed by atoms with Gasteiger partial charge in [0.15, 0.2) is 0 Å². The molecular weight excluding hydrogens is 233 g/mol. The van der Waals surface area contributed by atoms with E-state index in [4.69, 9.17) is 4.74 Å². The number of hydrogen-bond acceptors (Lipinski definition) is 3. The number of rotatable bonds is 3. The molecule has 1 aliphatic rings. The average Bonchev–Trinajstić information content (AvgIpc) is 2.38. The van der Waals surface area contributed by atoms with Gasteiger partial charge in [-0.2, -0.15) is 0 Å². The van der Waals surface area contributed by atoms with Gasteiger partial charge >= 0.3 is 0 Å². The van der Waals surface area contributed by atoms with Gasteiger partial charge in [-0.1, -0.05) is 6.07 Å². The first-order valence-electron chi connectivity index (χ1n) is 6.37. The summed E-state index contributed by atoms with van der Waals surface area (Å²) in [6.45, 7) is 3.21. The first kappa shape index (κ1) is 13.3. The number of ether oxygens (including phenoxy) is 1. The van der Waals surface area contributed by atoms with E-state index >= 15 is 0 Å². The molecule has 1 aromatic rings. The van der Waals surface area contributed by atoms with Gasteiger partial charge in [-0.15, -0.1) is 0 Å². The minimum absolute atomic E-state index is 0.176. The lowest BCUT2D eigenvalue weighted by atomic mass is 10.1. The molecule has 0 spiro atoms. The fourth-order valence-corrected chi connectivity index (χ4v) is 2.39. The second-order valence-corrected chi connectivity index (χ2v) is 4.83. The lowest BCUT2D eigenvalue weighted by Crippen LogP contribution is -2.39. The third kappa shape index (κ3) is 2.82. The van der Waals surface area contributed by atoms with Crippen molar-refractivity contribution in [3.05, 3.63) is 29.6 Å². The summed E-state index contributed by atoms with van der Waals surface area (Å²) in [6.07, 6.45) is 1.58. The number of aliphatic hydroxyl groups excluding tert-OH is 1. The van der Waals surface area contributed by atoms with Crippen LogP contribution in [0, 0.1) is 5.82 Å². The number of anilines is 1. The molecule has 1 fully saturated rings. The fraction of sp³-hybridized carbons (Fsp3) is 0.571. The Labute approximate surface area is 107 Å². The Balaban J connectivity index is 2.17. The van der Waals surface area contributed by atoms with Gasteiger partial charge in [0, 0.05) is 20.2 Å². The van der Waals surface area contributed by atoms with E-state index in [2.05, 4.69) is 0 Å². The van der Waals surface area contributed by atoms with Crippen LogP contribution in [-0.4, -0.2) is 31.4 Å². The molecule has 2 rings (SSSR count). The highest BCUT2D eigenvalue weighted by molar-refractivity contribution is 5.50. The molecule has 0 aliphatic carbocycles. The van der Waals surface area contributed by atoms with Crippen LogP contribution in [-0.2, 0) is 4.74 Å². The fourth-order valence-electron chi connectivity index (χ4n) is 2.39. The maximum atomic E-state index is 14.0. The quantitative estimate of drug-likeness (QED) is 0.898. The third-order valence-electron chi connectivity index (χ3n) is 3.51. The molecule has 3 nitrogen and oxygen atoms in total. The number of aliphatic hydroxyl groups is 1. The maximum Gasteiger partial charge on any atom is 0.146 e. The second-order valence-electron chi connectivity index (χ2n) is 4.83. The van der Waals surface area contributed by atoms with Crippen LogP contribution >= 0.6 is 0 Å². The summed E-state index contributed by atoms with van der Waals surface area (Å²) in [5.41, 5.74) is 1.21. The molecule has 4 heteroatoms. The first-order chi connectivity index (χ1) is 8.61. The molecule has 1 aromatic carbocycles. The topological polar surface area (TPSA) is 32.7 Å². The minimum Gasteiger partial charge on any atom is -0.389 e. The van der Waals surface area contributed by atoms with E-state index < -0.39 is 6.10 Å². The van der Waals surface area contributed by atoms with Crippen molar-refractivity contribution in [2.45, 2.75) is 32.0 Å². The van der Waals surface area contributed by atoms with E-state index in [0.29, 0.717) is 11.3 Å². The summed E-state index contributed by atoms with van der Waals surface area (Å²) >= 11 is 0. The van der Waals surface area contributed by atoms with Crippen molar-refractivity contribution < 1.29 is 14.2 Å². The number of methoxy groups -OCH3 is 1. The molecule has 0 amide bonds. The van der Waals surface area contributed by atoms with Crippen molar-refractivity contribution in [1.82, 2.24) is 0 Å². The molecule has 0 saturated carbocycles. The zero-order valence-corrected chi connectivity index (χ0v) is 10.9. The first-order valence-corrected chi connectivity index (χ1v) is 6.37. The highest BCUT2D eigenvalue weighted by Gasteiger charge is 2.22. The Morgan fingerprint density at radius 1 is 1.50 bits per heavy atom. The lowest BCUT2D eigenvalue weighted by Gasteiger charge is -2.34. The van der Waals surface area contributed by atoms with Crippen LogP contribution in [0.5, 0.6) is 0 Å². The molecule has 1 heterocycles. The molecule has 0 aromatic heterocycles. The van der Waals surface area contributed by atoms with Crippen molar-refractivity contribution in [3.8, 4) is 0 Å². The summed E-state index contributed by atoms with van der Waals surface area (Å²) in [4.78, 5) is 2.01. The molecule has 0 bridgehead atoms. The molecule has 1 saturated heterocycles. The molecule has 1 N–H and O–H groups in total. The van der Waals surface area contributed by atoms with E-state index in [1.54, 1.807) is 26.2 Å². The summed E-state index contributed by atoms with van der Waals surface area (Å²) in [7, 11) is 1.70. The van der Waals surface area contributed by atoms with Gasteiger partial charge < -0.3 is 14.7 Å². The summed E-state index contributed by atoms with van der Waals surface area (Å²) < 4.78 is 19.4. The van der Waals surface area contributed by atoms with Crippen LogP contribution in [0.1, 0.15) is 31.4 Å².